The molecule has 1 atom stereocenters. The van der Waals surface area contributed by atoms with Gasteiger partial charge in [-0.05, 0) is 42.9 Å². The largest absolute Gasteiger partial charge is 0.382 e. The molecular weight excluding hydrogens is 248 g/mol. The van der Waals surface area contributed by atoms with Crippen LogP contribution in [-0.2, 0) is 4.79 Å². The molecule has 110 valence electrons. The predicted molar refractivity (Wildman–Crippen MR) is 85.0 cm³/mol. The first-order valence-electron chi connectivity index (χ1n) is 7.65. The van der Waals surface area contributed by atoms with E-state index >= 15 is 0 Å². The summed E-state index contributed by atoms with van der Waals surface area (Å²) in [5.74, 6) is 0.0564. The van der Waals surface area contributed by atoms with E-state index in [0.717, 1.165) is 11.4 Å². The molecule has 0 aromatic heterocycles. The second kappa shape index (κ2) is 6.29. The summed E-state index contributed by atoms with van der Waals surface area (Å²) >= 11 is 0. The summed E-state index contributed by atoms with van der Waals surface area (Å²) in [5.41, 5.74) is 2.41. The van der Waals surface area contributed by atoms with Gasteiger partial charge in [0.2, 0.25) is 5.91 Å². The van der Waals surface area contributed by atoms with E-state index in [1.807, 2.05) is 25.1 Å². The highest BCUT2D eigenvalue weighted by Crippen LogP contribution is 2.36. The van der Waals surface area contributed by atoms with Crippen LogP contribution in [0.3, 0.4) is 0 Å². The van der Waals surface area contributed by atoms with Crippen molar-refractivity contribution >= 4 is 17.3 Å². The Kier molecular flexibility index (Phi) is 4.69. The Morgan fingerprint density at radius 3 is 2.80 bits per heavy atom. The van der Waals surface area contributed by atoms with Crippen molar-refractivity contribution < 1.29 is 4.79 Å². The third kappa shape index (κ3) is 4.26. The van der Waals surface area contributed by atoms with E-state index in [-0.39, 0.29) is 5.91 Å². The van der Waals surface area contributed by atoms with Gasteiger partial charge < -0.3 is 10.6 Å². The SMILES string of the molecule is CCC(=O)Nc1cccc(NC2CCCC(C)(C)C2)c1. The zero-order valence-electron chi connectivity index (χ0n) is 12.8. The van der Waals surface area contributed by atoms with Gasteiger partial charge in [0.25, 0.3) is 0 Å². The van der Waals surface area contributed by atoms with E-state index in [2.05, 4.69) is 30.5 Å². The van der Waals surface area contributed by atoms with Gasteiger partial charge in [0.05, 0.1) is 0 Å². The van der Waals surface area contributed by atoms with Gasteiger partial charge in [0, 0.05) is 23.8 Å². The van der Waals surface area contributed by atoms with Crippen LogP contribution in [0.15, 0.2) is 24.3 Å². The molecule has 3 heteroatoms. The Morgan fingerprint density at radius 2 is 2.10 bits per heavy atom. The minimum atomic E-state index is 0.0564. The van der Waals surface area contributed by atoms with Gasteiger partial charge in [0.15, 0.2) is 0 Å². The quantitative estimate of drug-likeness (QED) is 0.853. The van der Waals surface area contributed by atoms with Gasteiger partial charge in [0.1, 0.15) is 0 Å². The second-order valence-electron chi connectivity index (χ2n) is 6.58. The fourth-order valence-corrected chi connectivity index (χ4v) is 2.99. The molecule has 1 unspecified atom stereocenters. The van der Waals surface area contributed by atoms with Crippen molar-refractivity contribution in [2.24, 2.45) is 5.41 Å². The Hall–Kier alpha value is -1.51. The Morgan fingerprint density at radius 1 is 1.35 bits per heavy atom. The highest BCUT2D eigenvalue weighted by atomic mass is 16.1. The average Bonchev–Trinajstić information content (AvgIpc) is 2.37. The zero-order chi connectivity index (χ0) is 14.6. The van der Waals surface area contributed by atoms with Gasteiger partial charge in [-0.25, -0.2) is 0 Å². The topological polar surface area (TPSA) is 41.1 Å². The summed E-state index contributed by atoms with van der Waals surface area (Å²) in [5, 5.41) is 6.52. The summed E-state index contributed by atoms with van der Waals surface area (Å²) in [6.07, 6.45) is 5.55. The number of carbonyl (C=O) groups excluding carboxylic acids is 1. The maximum Gasteiger partial charge on any atom is 0.224 e. The lowest BCUT2D eigenvalue weighted by Crippen LogP contribution is -2.31. The van der Waals surface area contributed by atoms with E-state index in [1.54, 1.807) is 0 Å². The molecule has 1 amide bonds. The normalized spacial score (nSPS) is 21.2. The van der Waals surface area contributed by atoms with Crippen LogP contribution in [0.5, 0.6) is 0 Å². The molecule has 1 saturated carbocycles. The summed E-state index contributed by atoms with van der Waals surface area (Å²) in [6.45, 7) is 6.55. The van der Waals surface area contributed by atoms with Crippen molar-refractivity contribution in [1.29, 1.82) is 0 Å². The molecule has 0 heterocycles. The van der Waals surface area contributed by atoms with Crippen molar-refractivity contribution in [1.82, 2.24) is 0 Å². The van der Waals surface area contributed by atoms with Gasteiger partial charge in [-0.3, -0.25) is 4.79 Å². The van der Waals surface area contributed by atoms with E-state index in [0.29, 0.717) is 17.9 Å². The Bertz CT molecular complexity index is 468. The highest BCUT2D eigenvalue weighted by Gasteiger charge is 2.27. The van der Waals surface area contributed by atoms with Crippen molar-refractivity contribution in [2.75, 3.05) is 10.6 Å². The average molecular weight is 274 g/mol. The minimum Gasteiger partial charge on any atom is -0.382 e. The maximum absolute atomic E-state index is 11.4. The number of rotatable bonds is 4. The lowest BCUT2D eigenvalue weighted by atomic mass is 9.75. The molecule has 2 N–H and O–H groups in total. The highest BCUT2D eigenvalue weighted by molar-refractivity contribution is 5.90. The molecule has 0 spiro atoms. The Balaban J connectivity index is 1.99. The molecule has 3 nitrogen and oxygen atoms in total. The summed E-state index contributed by atoms with van der Waals surface area (Å²) in [6, 6.07) is 8.56. The smallest absolute Gasteiger partial charge is 0.224 e. The molecule has 1 aliphatic carbocycles. The molecule has 2 rings (SSSR count). The minimum absolute atomic E-state index is 0.0564. The van der Waals surface area contributed by atoms with Gasteiger partial charge in [-0.15, -0.1) is 0 Å². The number of nitrogens with one attached hydrogen (secondary N) is 2. The first-order valence-corrected chi connectivity index (χ1v) is 7.65. The molecule has 0 saturated heterocycles. The molecule has 1 aromatic carbocycles. The summed E-state index contributed by atoms with van der Waals surface area (Å²) < 4.78 is 0. The lowest BCUT2D eigenvalue weighted by Gasteiger charge is -2.36. The molecule has 0 bridgehead atoms. The third-order valence-electron chi connectivity index (χ3n) is 4.04. The van der Waals surface area contributed by atoms with Crippen LogP contribution in [0.1, 0.15) is 52.9 Å². The lowest BCUT2D eigenvalue weighted by molar-refractivity contribution is -0.115. The van der Waals surface area contributed by atoms with Gasteiger partial charge >= 0.3 is 0 Å². The number of benzene rings is 1. The first kappa shape index (κ1) is 14.9. The van der Waals surface area contributed by atoms with E-state index in [9.17, 15) is 4.79 Å². The molecule has 1 fully saturated rings. The number of hydrogen-bond donors (Lipinski definition) is 2. The van der Waals surface area contributed by atoms with Crippen molar-refractivity contribution in [3.05, 3.63) is 24.3 Å². The molecule has 1 aliphatic rings. The number of amides is 1. The maximum atomic E-state index is 11.4. The monoisotopic (exact) mass is 274 g/mol. The Labute approximate surface area is 122 Å². The third-order valence-corrected chi connectivity index (χ3v) is 4.04. The van der Waals surface area contributed by atoms with Crippen LogP contribution < -0.4 is 10.6 Å². The van der Waals surface area contributed by atoms with Crippen LogP contribution in [0, 0.1) is 5.41 Å². The fourth-order valence-electron chi connectivity index (χ4n) is 2.99. The van der Waals surface area contributed by atoms with Crippen LogP contribution in [0.2, 0.25) is 0 Å². The van der Waals surface area contributed by atoms with Crippen LogP contribution in [0.4, 0.5) is 11.4 Å². The zero-order valence-corrected chi connectivity index (χ0v) is 12.8. The summed E-state index contributed by atoms with van der Waals surface area (Å²) in [7, 11) is 0. The van der Waals surface area contributed by atoms with E-state index in [4.69, 9.17) is 0 Å². The predicted octanol–water partition coefficient (Wildman–Crippen LogP) is 4.42. The fraction of sp³-hybridized carbons (Fsp3) is 0.588. The van der Waals surface area contributed by atoms with Crippen molar-refractivity contribution in [3.8, 4) is 0 Å². The summed E-state index contributed by atoms with van der Waals surface area (Å²) in [4.78, 5) is 11.4. The molecule has 0 radical (unpaired) electrons. The molecule has 0 aliphatic heterocycles. The van der Waals surface area contributed by atoms with E-state index in [1.165, 1.54) is 25.7 Å². The van der Waals surface area contributed by atoms with Crippen LogP contribution in [0.25, 0.3) is 0 Å². The van der Waals surface area contributed by atoms with E-state index < -0.39 is 0 Å². The van der Waals surface area contributed by atoms with Crippen LogP contribution in [-0.4, -0.2) is 11.9 Å². The molecular formula is C17H26N2O. The van der Waals surface area contributed by atoms with Crippen molar-refractivity contribution in [2.45, 2.75) is 58.9 Å². The first-order chi connectivity index (χ1) is 9.48. The van der Waals surface area contributed by atoms with Crippen molar-refractivity contribution in [3.63, 3.8) is 0 Å². The van der Waals surface area contributed by atoms with Crippen LogP contribution >= 0.6 is 0 Å². The van der Waals surface area contributed by atoms with Gasteiger partial charge in [-0.2, -0.15) is 0 Å². The van der Waals surface area contributed by atoms with Gasteiger partial charge in [-0.1, -0.05) is 33.3 Å². The number of carbonyl (C=O) groups is 1. The molecule has 20 heavy (non-hydrogen) atoms. The molecule has 1 aromatic rings. The number of hydrogen-bond acceptors (Lipinski definition) is 2. The standard InChI is InChI=1S/C17H26N2O/c1-4-16(20)19-14-8-5-7-13(11-14)18-15-9-6-10-17(2,3)12-15/h5,7-8,11,15,18H,4,6,9-10,12H2,1-3H3,(H,19,20). The second-order valence-corrected chi connectivity index (χ2v) is 6.58. The number of anilines is 2.